The number of amides is 1. The van der Waals surface area contributed by atoms with Gasteiger partial charge in [-0.05, 0) is 44.4 Å². The van der Waals surface area contributed by atoms with Crippen LogP contribution in [0.1, 0.15) is 55.5 Å². The first-order valence-electron chi connectivity index (χ1n) is 9.88. The largest absolute Gasteiger partial charge is 0.471 e. The molecule has 158 valence electrons. The van der Waals surface area contributed by atoms with Crippen LogP contribution in [-0.4, -0.2) is 15.7 Å². The molecule has 1 aromatic heterocycles. The number of aryl methyl sites for hydroxylation is 1. The fourth-order valence-corrected chi connectivity index (χ4v) is 3.74. The van der Waals surface area contributed by atoms with Crippen molar-refractivity contribution < 1.29 is 22.7 Å². The summed E-state index contributed by atoms with van der Waals surface area (Å²) in [7, 11) is 0. The second-order valence-electron chi connectivity index (χ2n) is 7.58. The first-order chi connectivity index (χ1) is 13.7. The van der Waals surface area contributed by atoms with E-state index in [1.807, 2.05) is 0 Å². The highest BCUT2D eigenvalue weighted by Crippen LogP contribution is 2.32. The predicted octanol–water partition coefficient (Wildman–Crippen LogP) is 5.46. The standard InChI is InChI=1S/C21H26F3N3O2/c1-14-20(25-19(28)11-10-16-6-3-4-7-16)15(2)27(26-14)13-29-18-9-5-8-17(12-18)21(22,23)24/h5,8-9,12,16H,3-4,6-7,10-11,13H2,1-2H3,(H,25,28). The maximum atomic E-state index is 12.8. The average Bonchev–Trinajstić information content (AvgIpc) is 3.28. The topological polar surface area (TPSA) is 56.1 Å². The van der Waals surface area contributed by atoms with Gasteiger partial charge in [0.05, 0.1) is 22.6 Å². The summed E-state index contributed by atoms with van der Waals surface area (Å²) in [5, 5.41) is 7.27. The van der Waals surface area contributed by atoms with Gasteiger partial charge in [-0.25, -0.2) is 4.68 Å². The number of hydrogen-bond donors (Lipinski definition) is 1. The number of nitrogens with one attached hydrogen (secondary N) is 1. The highest BCUT2D eigenvalue weighted by atomic mass is 19.4. The van der Waals surface area contributed by atoms with Gasteiger partial charge in [-0.2, -0.15) is 18.3 Å². The molecule has 0 unspecified atom stereocenters. The maximum Gasteiger partial charge on any atom is 0.416 e. The average molecular weight is 409 g/mol. The van der Waals surface area contributed by atoms with Gasteiger partial charge in [0.15, 0.2) is 6.73 Å². The van der Waals surface area contributed by atoms with Gasteiger partial charge in [-0.15, -0.1) is 0 Å². The molecule has 1 aromatic carbocycles. The second kappa shape index (κ2) is 8.88. The van der Waals surface area contributed by atoms with Crippen molar-refractivity contribution >= 4 is 11.6 Å². The van der Waals surface area contributed by atoms with Crippen LogP contribution in [-0.2, 0) is 17.7 Å². The number of aromatic nitrogens is 2. The number of carbonyl (C=O) groups excluding carboxylic acids is 1. The molecule has 5 nitrogen and oxygen atoms in total. The molecule has 0 spiro atoms. The number of carbonyl (C=O) groups is 1. The van der Waals surface area contributed by atoms with Crippen molar-refractivity contribution in [3.63, 3.8) is 0 Å². The molecule has 2 aromatic rings. The third-order valence-electron chi connectivity index (χ3n) is 5.42. The van der Waals surface area contributed by atoms with E-state index in [2.05, 4.69) is 10.4 Å². The molecule has 29 heavy (non-hydrogen) atoms. The van der Waals surface area contributed by atoms with E-state index in [-0.39, 0.29) is 18.4 Å². The summed E-state index contributed by atoms with van der Waals surface area (Å²) in [5.74, 6) is 0.711. The van der Waals surface area contributed by atoms with Crippen molar-refractivity contribution in [1.82, 2.24) is 9.78 Å². The SMILES string of the molecule is Cc1nn(COc2cccc(C(F)(F)F)c2)c(C)c1NC(=O)CCC1CCCC1. The van der Waals surface area contributed by atoms with Gasteiger partial charge in [0.25, 0.3) is 0 Å². The lowest BCUT2D eigenvalue weighted by atomic mass is 10.0. The number of benzene rings is 1. The maximum absolute atomic E-state index is 12.8. The highest BCUT2D eigenvalue weighted by molar-refractivity contribution is 5.91. The summed E-state index contributed by atoms with van der Waals surface area (Å²) in [5.41, 5.74) is 1.21. The van der Waals surface area contributed by atoms with Gasteiger partial charge in [-0.1, -0.05) is 31.7 Å². The third kappa shape index (κ3) is 5.52. The van der Waals surface area contributed by atoms with Gasteiger partial charge in [0.2, 0.25) is 5.91 Å². The number of nitrogens with zero attached hydrogens (tertiary/aromatic N) is 2. The molecule has 0 radical (unpaired) electrons. The van der Waals surface area contributed by atoms with Crippen LogP contribution in [0.25, 0.3) is 0 Å². The van der Waals surface area contributed by atoms with E-state index in [0.29, 0.717) is 29.4 Å². The summed E-state index contributed by atoms with van der Waals surface area (Å²) in [6.45, 7) is 3.52. The van der Waals surface area contributed by atoms with Gasteiger partial charge in [-0.3, -0.25) is 4.79 Å². The smallest absolute Gasteiger partial charge is 0.416 e. The monoisotopic (exact) mass is 409 g/mol. The molecule has 0 bridgehead atoms. The van der Waals surface area contributed by atoms with Crippen LogP contribution in [0.15, 0.2) is 24.3 Å². The van der Waals surface area contributed by atoms with Crippen molar-refractivity contribution in [2.75, 3.05) is 5.32 Å². The first-order valence-corrected chi connectivity index (χ1v) is 9.88. The minimum absolute atomic E-state index is 0.0403. The molecule has 1 saturated carbocycles. The normalized spacial score (nSPS) is 14.9. The van der Waals surface area contributed by atoms with Crippen LogP contribution in [0.5, 0.6) is 5.75 Å². The molecular formula is C21H26F3N3O2. The number of anilines is 1. The molecule has 1 fully saturated rings. The molecule has 1 amide bonds. The number of halogens is 3. The van der Waals surface area contributed by atoms with Gasteiger partial charge in [0, 0.05) is 6.42 Å². The van der Waals surface area contributed by atoms with Crippen LogP contribution in [0, 0.1) is 19.8 Å². The summed E-state index contributed by atoms with van der Waals surface area (Å²) in [6.07, 6.45) is 1.87. The first kappa shape index (κ1) is 21.2. The second-order valence-corrected chi connectivity index (χ2v) is 7.58. The minimum Gasteiger partial charge on any atom is -0.471 e. The zero-order valence-electron chi connectivity index (χ0n) is 16.7. The number of hydrogen-bond acceptors (Lipinski definition) is 3. The Hall–Kier alpha value is -2.51. The number of alkyl halides is 3. The molecule has 8 heteroatoms. The van der Waals surface area contributed by atoms with Gasteiger partial charge >= 0.3 is 6.18 Å². The Kier molecular flexibility index (Phi) is 6.49. The zero-order chi connectivity index (χ0) is 21.0. The Morgan fingerprint density at radius 3 is 2.69 bits per heavy atom. The van der Waals surface area contributed by atoms with E-state index in [1.165, 1.54) is 42.5 Å². The predicted molar refractivity (Wildman–Crippen MR) is 104 cm³/mol. The highest BCUT2D eigenvalue weighted by Gasteiger charge is 2.30. The Bertz CT molecular complexity index is 855. The van der Waals surface area contributed by atoms with Crippen molar-refractivity contribution in [1.29, 1.82) is 0 Å². The van der Waals surface area contributed by atoms with Gasteiger partial charge < -0.3 is 10.1 Å². The quantitative estimate of drug-likeness (QED) is 0.660. The summed E-state index contributed by atoms with van der Waals surface area (Å²) < 4.78 is 45.5. The van der Waals surface area contributed by atoms with Crippen LogP contribution < -0.4 is 10.1 Å². The van der Waals surface area contributed by atoms with E-state index in [1.54, 1.807) is 13.8 Å². The van der Waals surface area contributed by atoms with Crippen molar-refractivity contribution in [2.45, 2.75) is 65.3 Å². The lowest BCUT2D eigenvalue weighted by Crippen LogP contribution is -2.14. The summed E-state index contributed by atoms with van der Waals surface area (Å²) >= 11 is 0. The summed E-state index contributed by atoms with van der Waals surface area (Å²) in [4.78, 5) is 12.3. The van der Waals surface area contributed by atoms with Crippen molar-refractivity contribution in [2.24, 2.45) is 5.92 Å². The van der Waals surface area contributed by atoms with Crippen LogP contribution in [0.3, 0.4) is 0 Å². The molecule has 0 aliphatic heterocycles. The van der Waals surface area contributed by atoms with Gasteiger partial charge in [0.1, 0.15) is 5.75 Å². The Labute approximate surface area is 168 Å². The van der Waals surface area contributed by atoms with Crippen molar-refractivity contribution in [3.8, 4) is 5.75 Å². The van der Waals surface area contributed by atoms with Crippen LogP contribution in [0.2, 0.25) is 0 Å². The molecule has 0 saturated heterocycles. The summed E-state index contributed by atoms with van der Waals surface area (Å²) in [6, 6.07) is 4.72. The molecular weight excluding hydrogens is 383 g/mol. The van der Waals surface area contributed by atoms with Crippen molar-refractivity contribution in [3.05, 3.63) is 41.2 Å². The number of ether oxygens (including phenoxy) is 1. The lowest BCUT2D eigenvalue weighted by Gasteiger charge is -2.11. The molecule has 3 rings (SSSR count). The molecule has 1 aliphatic carbocycles. The minimum atomic E-state index is -4.42. The van der Waals surface area contributed by atoms with Crippen LogP contribution in [0.4, 0.5) is 18.9 Å². The van der Waals surface area contributed by atoms with E-state index in [4.69, 9.17) is 4.74 Å². The van der Waals surface area contributed by atoms with E-state index in [0.717, 1.165) is 18.6 Å². The third-order valence-corrected chi connectivity index (χ3v) is 5.42. The van der Waals surface area contributed by atoms with E-state index < -0.39 is 11.7 Å². The molecule has 1 heterocycles. The van der Waals surface area contributed by atoms with E-state index in [9.17, 15) is 18.0 Å². The molecule has 1 aliphatic rings. The zero-order valence-corrected chi connectivity index (χ0v) is 16.7. The van der Waals surface area contributed by atoms with E-state index >= 15 is 0 Å². The van der Waals surface area contributed by atoms with Crippen LogP contribution >= 0.6 is 0 Å². The fourth-order valence-electron chi connectivity index (χ4n) is 3.74. The Balaban J connectivity index is 1.59. The lowest BCUT2D eigenvalue weighted by molar-refractivity contribution is -0.137. The Morgan fingerprint density at radius 2 is 2.00 bits per heavy atom. The molecule has 1 N–H and O–H groups in total. The molecule has 0 atom stereocenters. The fraction of sp³-hybridized carbons (Fsp3) is 0.524. The number of rotatable bonds is 7. The Morgan fingerprint density at radius 1 is 1.28 bits per heavy atom.